The maximum absolute atomic E-state index is 12.6. The number of H-pyrrole nitrogens is 1. The second kappa shape index (κ2) is 7.23. The zero-order valence-corrected chi connectivity index (χ0v) is 14.7. The summed E-state index contributed by atoms with van der Waals surface area (Å²) in [4.78, 5) is 27.6. The molecule has 0 aliphatic heterocycles. The first-order valence-electron chi connectivity index (χ1n) is 8.39. The first-order chi connectivity index (χ1) is 13.9. The third-order valence-electron chi connectivity index (χ3n) is 4.11. The fourth-order valence-electron chi connectivity index (χ4n) is 2.73. The molecule has 4 rings (SSSR count). The maximum atomic E-state index is 12.6. The highest BCUT2D eigenvalue weighted by atomic mass is 19.4. The van der Waals surface area contributed by atoms with Gasteiger partial charge in [0.25, 0.3) is 0 Å². The molecule has 0 fully saturated rings. The Kier molecular flexibility index (Phi) is 4.59. The van der Waals surface area contributed by atoms with Crippen LogP contribution in [0.3, 0.4) is 0 Å². The number of carbonyl (C=O) groups excluding carboxylic acids is 1. The van der Waals surface area contributed by atoms with Gasteiger partial charge in [-0.05, 0) is 36.4 Å². The number of halogens is 3. The van der Waals surface area contributed by atoms with E-state index in [-0.39, 0.29) is 5.69 Å². The van der Waals surface area contributed by atoms with Crippen LogP contribution in [0.5, 0.6) is 0 Å². The number of nitrogens with zero attached hydrogens (tertiary/aromatic N) is 3. The van der Waals surface area contributed by atoms with Gasteiger partial charge in [-0.3, -0.25) is 0 Å². The molecule has 29 heavy (non-hydrogen) atoms. The smallest absolute Gasteiger partial charge is 0.344 e. The van der Waals surface area contributed by atoms with Crippen molar-refractivity contribution in [3.05, 3.63) is 66.9 Å². The van der Waals surface area contributed by atoms with Gasteiger partial charge in [0.15, 0.2) is 0 Å². The van der Waals surface area contributed by atoms with Crippen LogP contribution in [0, 0.1) is 0 Å². The maximum Gasteiger partial charge on any atom is 0.416 e. The molecule has 10 heteroatoms. The first kappa shape index (κ1) is 18.4. The summed E-state index contributed by atoms with van der Waals surface area (Å²) in [5, 5.41) is 5.82. The van der Waals surface area contributed by atoms with Crippen molar-refractivity contribution in [1.82, 2.24) is 19.9 Å². The average molecular weight is 398 g/mol. The summed E-state index contributed by atoms with van der Waals surface area (Å²) < 4.78 is 37.8. The van der Waals surface area contributed by atoms with Crippen LogP contribution in [-0.4, -0.2) is 26.0 Å². The molecular formula is C19H13F3N6O. The molecule has 0 atom stereocenters. The number of urea groups is 1. The lowest BCUT2D eigenvalue weighted by molar-refractivity contribution is -0.137. The van der Waals surface area contributed by atoms with E-state index in [4.69, 9.17) is 0 Å². The highest BCUT2D eigenvalue weighted by Gasteiger charge is 2.30. The molecular weight excluding hydrogens is 385 g/mol. The summed E-state index contributed by atoms with van der Waals surface area (Å²) >= 11 is 0. The molecule has 7 nitrogen and oxygen atoms in total. The first-order valence-corrected chi connectivity index (χ1v) is 8.39. The van der Waals surface area contributed by atoms with Crippen LogP contribution >= 0.6 is 0 Å². The molecule has 0 spiro atoms. The molecule has 1 aromatic carbocycles. The van der Waals surface area contributed by atoms with E-state index in [9.17, 15) is 18.0 Å². The number of carbonyl (C=O) groups is 1. The normalized spacial score (nSPS) is 11.4. The quantitative estimate of drug-likeness (QED) is 0.467. The van der Waals surface area contributed by atoms with Crippen molar-refractivity contribution >= 4 is 28.4 Å². The van der Waals surface area contributed by atoms with Crippen molar-refractivity contribution in [3.63, 3.8) is 0 Å². The van der Waals surface area contributed by atoms with Gasteiger partial charge >= 0.3 is 12.2 Å². The summed E-state index contributed by atoms with van der Waals surface area (Å²) in [5.41, 5.74) is 1.90. The van der Waals surface area contributed by atoms with Crippen molar-refractivity contribution in [2.45, 2.75) is 6.18 Å². The summed E-state index contributed by atoms with van der Waals surface area (Å²) in [5.74, 6) is 0. The number of alkyl halides is 3. The molecule has 0 unspecified atom stereocenters. The molecule has 0 bridgehead atoms. The Morgan fingerprint density at radius 2 is 1.69 bits per heavy atom. The van der Waals surface area contributed by atoms with E-state index in [1.165, 1.54) is 18.5 Å². The van der Waals surface area contributed by atoms with Gasteiger partial charge in [-0.2, -0.15) is 13.2 Å². The predicted octanol–water partition coefficient (Wildman–Crippen LogP) is 4.68. The largest absolute Gasteiger partial charge is 0.416 e. The number of hydrogen-bond acceptors (Lipinski definition) is 4. The SMILES string of the molecule is O=C(Nc1ccc(C(F)(F)F)cc1)Nc1c[nH]c2nc(-c3cncnc3)ccc12. The monoisotopic (exact) mass is 398 g/mol. The van der Waals surface area contributed by atoms with Crippen molar-refractivity contribution in [3.8, 4) is 11.3 Å². The molecule has 0 aliphatic rings. The molecule has 4 aromatic rings. The highest BCUT2D eigenvalue weighted by Crippen LogP contribution is 2.30. The Bertz CT molecular complexity index is 1160. The van der Waals surface area contributed by atoms with E-state index in [1.807, 2.05) is 0 Å². The third-order valence-corrected chi connectivity index (χ3v) is 4.11. The molecule has 3 aromatic heterocycles. The van der Waals surface area contributed by atoms with E-state index in [1.54, 1.807) is 30.7 Å². The Labute approximate surface area is 162 Å². The number of rotatable bonds is 3. The van der Waals surface area contributed by atoms with E-state index >= 15 is 0 Å². The van der Waals surface area contributed by atoms with Crippen molar-refractivity contribution < 1.29 is 18.0 Å². The van der Waals surface area contributed by atoms with Gasteiger partial charge in [-0.25, -0.2) is 19.7 Å². The van der Waals surface area contributed by atoms with Crippen LogP contribution in [-0.2, 0) is 6.18 Å². The van der Waals surface area contributed by atoms with E-state index < -0.39 is 17.8 Å². The second-order valence-electron chi connectivity index (χ2n) is 6.08. The molecule has 3 N–H and O–H groups in total. The van der Waals surface area contributed by atoms with Crippen molar-refractivity contribution in [2.24, 2.45) is 0 Å². The van der Waals surface area contributed by atoms with Crippen LogP contribution in [0.4, 0.5) is 29.3 Å². The number of nitrogens with one attached hydrogen (secondary N) is 3. The zero-order valence-electron chi connectivity index (χ0n) is 14.7. The third kappa shape index (κ3) is 4.00. The van der Waals surface area contributed by atoms with Gasteiger partial charge in [0, 0.05) is 35.2 Å². The number of anilines is 2. The number of fused-ring (bicyclic) bond motifs is 1. The number of pyridine rings is 1. The minimum Gasteiger partial charge on any atom is -0.344 e. The lowest BCUT2D eigenvalue weighted by Gasteiger charge is -2.09. The lowest BCUT2D eigenvalue weighted by atomic mass is 10.2. The molecule has 0 saturated heterocycles. The summed E-state index contributed by atoms with van der Waals surface area (Å²) in [6.07, 6.45) is 1.85. The molecule has 3 heterocycles. The van der Waals surface area contributed by atoms with Crippen molar-refractivity contribution in [2.75, 3.05) is 10.6 Å². The van der Waals surface area contributed by atoms with Gasteiger partial charge in [0.2, 0.25) is 0 Å². The minimum atomic E-state index is -4.43. The highest BCUT2D eigenvalue weighted by molar-refractivity contribution is 6.05. The summed E-state index contributed by atoms with van der Waals surface area (Å²) in [6, 6.07) is 7.15. The summed E-state index contributed by atoms with van der Waals surface area (Å²) in [6.45, 7) is 0. The van der Waals surface area contributed by atoms with E-state index in [0.717, 1.165) is 17.7 Å². The average Bonchev–Trinajstić information content (AvgIpc) is 3.10. The van der Waals surface area contributed by atoms with Gasteiger partial charge in [0.05, 0.1) is 16.9 Å². The Morgan fingerprint density at radius 3 is 2.38 bits per heavy atom. The number of hydrogen-bond donors (Lipinski definition) is 3. The predicted molar refractivity (Wildman–Crippen MR) is 101 cm³/mol. The molecule has 0 aliphatic carbocycles. The van der Waals surface area contributed by atoms with Gasteiger partial charge in [0.1, 0.15) is 12.0 Å². The molecule has 2 amide bonds. The Hall–Kier alpha value is -3.95. The van der Waals surface area contributed by atoms with Crippen LogP contribution in [0.1, 0.15) is 5.56 Å². The van der Waals surface area contributed by atoms with E-state index in [2.05, 4.69) is 30.6 Å². The fourth-order valence-corrected chi connectivity index (χ4v) is 2.73. The fraction of sp³-hybridized carbons (Fsp3) is 0.0526. The number of aromatic amines is 1. The van der Waals surface area contributed by atoms with Gasteiger partial charge in [-0.1, -0.05) is 0 Å². The number of amides is 2. The van der Waals surface area contributed by atoms with Crippen LogP contribution in [0.2, 0.25) is 0 Å². The van der Waals surface area contributed by atoms with Crippen LogP contribution in [0.15, 0.2) is 61.3 Å². The summed E-state index contributed by atoms with van der Waals surface area (Å²) in [7, 11) is 0. The van der Waals surface area contributed by atoms with E-state index in [0.29, 0.717) is 22.4 Å². The zero-order chi connectivity index (χ0) is 20.4. The standard InChI is InChI=1S/C19H13F3N6O/c20-19(21,22)12-1-3-13(4-2-12)26-18(29)28-16-9-25-17-14(16)5-6-15(27-17)11-7-23-10-24-8-11/h1-10H,(H,25,27)(H2,26,28,29). The van der Waals surface area contributed by atoms with Crippen molar-refractivity contribution in [1.29, 1.82) is 0 Å². The minimum absolute atomic E-state index is 0.236. The van der Waals surface area contributed by atoms with Crippen LogP contribution < -0.4 is 10.6 Å². The Morgan fingerprint density at radius 1 is 0.966 bits per heavy atom. The number of aromatic nitrogens is 4. The molecule has 146 valence electrons. The second-order valence-corrected chi connectivity index (χ2v) is 6.08. The van der Waals surface area contributed by atoms with Gasteiger partial charge in [-0.15, -0.1) is 0 Å². The molecule has 0 radical (unpaired) electrons. The topological polar surface area (TPSA) is 95.6 Å². The Balaban J connectivity index is 1.48. The van der Waals surface area contributed by atoms with Gasteiger partial charge < -0.3 is 15.6 Å². The molecule has 0 saturated carbocycles. The lowest BCUT2D eigenvalue weighted by Crippen LogP contribution is -2.19. The van der Waals surface area contributed by atoms with Crippen LogP contribution in [0.25, 0.3) is 22.3 Å². The number of benzene rings is 1.